The van der Waals surface area contributed by atoms with E-state index < -0.39 is 0 Å². The zero-order valence-electron chi connectivity index (χ0n) is 8.14. The number of anilines is 1. The van der Waals surface area contributed by atoms with Gasteiger partial charge in [-0.3, -0.25) is 0 Å². The van der Waals surface area contributed by atoms with Crippen LogP contribution in [0.2, 0.25) is 0 Å². The van der Waals surface area contributed by atoms with Crippen molar-refractivity contribution in [3.8, 4) is 0 Å². The molecular formula is C9H18N2O2. The highest BCUT2D eigenvalue weighted by Crippen LogP contribution is 1.89. The average molecular weight is 186 g/mol. The lowest BCUT2D eigenvalue weighted by Crippen LogP contribution is -1.85. The number of aliphatic hydroxyl groups excluding tert-OH is 2. The summed E-state index contributed by atoms with van der Waals surface area (Å²) in [7, 11) is 0. The first-order valence-corrected chi connectivity index (χ1v) is 4.11. The second kappa shape index (κ2) is 13.5. The lowest BCUT2D eigenvalue weighted by molar-refractivity contribution is 0.318. The summed E-state index contributed by atoms with van der Waals surface area (Å²) in [6, 6.07) is 5.43. The molecule has 4 N–H and O–H groups in total. The number of hydrogen-bond acceptors (Lipinski definition) is 4. The van der Waals surface area contributed by atoms with E-state index in [1.165, 1.54) is 0 Å². The third-order valence-corrected chi connectivity index (χ3v) is 0.688. The van der Waals surface area contributed by atoms with E-state index in [2.05, 4.69) is 4.98 Å². The highest BCUT2D eigenvalue weighted by atomic mass is 16.3. The van der Waals surface area contributed by atoms with Crippen LogP contribution in [-0.2, 0) is 0 Å². The molecule has 0 saturated carbocycles. The first-order valence-electron chi connectivity index (χ1n) is 4.11. The lowest BCUT2D eigenvalue weighted by Gasteiger charge is -1.82. The predicted octanol–water partition coefficient (Wildman–Crippen LogP) is 0.661. The third-order valence-electron chi connectivity index (χ3n) is 0.688. The number of aliphatic hydroxyl groups is 2. The zero-order chi connectivity index (χ0) is 10.5. The molecule has 13 heavy (non-hydrogen) atoms. The SMILES string of the molecule is CCO.CCO.Nc1ccccn1. The van der Waals surface area contributed by atoms with E-state index in [4.69, 9.17) is 15.9 Å². The van der Waals surface area contributed by atoms with Crippen LogP contribution in [0, 0.1) is 0 Å². The number of pyridine rings is 1. The van der Waals surface area contributed by atoms with Crippen LogP contribution in [0.1, 0.15) is 13.8 Å². The Bertz CT molecular complexity index is 167. The molecule has 0 unspecified atom stereocenters. The lowest BCUT2D eigenvalue weighted by atomic mass is 10.5. The van der Waals surface area contributed by atoms with Crippen molar-refractivity contribution in [3.63, 3.8) is 0 Å². The predicted molar refractivity (Wildman–Crippen MR) is 54.2 cm³/mol. The minimum absolute atomic E-state index is 0.250. The Morgan fingerprint density at radius 2 is 1.69 bits per heavy atom. The zero-order valence-corrected chi connectivity index (χ0v) is 8.14. The number of nitrogens with two attached hydrogens (primary N) is 1. The number of nitrogen functional groups attached to an aromatic ring is 1. The minimum Gasteiger partial charge on any atom is -0.397 e. The summed E-state index contributed by atoms with van der Waals surface area (Å²) in [5.74, 6) is 0.572. The third kappa shape index (κ3) is 18.1. The molecule has 76 valence electrons. The van der Waals surface area contributed by atoms with Crippen LogP contribution in [-0.4, -0.2) is 28.4 Å². The maximum absolute atomic E-state index is 7.57. The van der Waals surface area contributed by atoms with Gasteiger partial charge in [-0.05, 0) is 26.0 Å². The van der Waals surface area contributed by atoms with Crippen molar-refractivity contribution in [1.82, 2.24) is 4.98 Å². The van der Waals surface area contributed by atoms with Crippen molar-refractivity contribution in [2.24, 2.45) is 0 Å². The maximum atomic E-state index is 7.57. The summed E-state index contributed by atoms with van der Waals surface area (Å²) in [6.45, 7) is 3.86. The number of rotatable bonds is 0. The first kappa shape index (κ1) is 14.4. The Hall–Kier alpha value is -1.13. The molecule has 0 amide bonds. The van der Waals surface area contributed by atoms with Gasteiger partial charge in [-0.2, -0.15) is 0 Å². The second-order valence-electron chi connectivity index (χ2n) is 1.89. The van der Waals surface area contributed by atoms with Crippen LogP contribution in [0.15, 0.2) is 24.4 Å². The molecule has 1 rings (SSSR count). The van der Waals surface area contributed by atoms with Crippen molar-refractivity contribution >= 4 is 5.82 Å². The van der Waals surface area contributed by atoms with Crippen LogP contribution in [0.5, 0.6) is 0 Å². The number of hydrogen-bond donors (Lipinski definition) is 3. The monoisotopic (exact) mass is 186 g/mol. The molecule has 1 aromatic heterocycles. The Balaban J connectivity index is 0. The summed E-state index contributed by atoms with van der Waals surface area (Å²) in [5.41, 5.74) is 5.25. The Kier molecular flexibility index (Phi) is 14.9. The normalized spacial score (nSPS) is 7.38. The van der Waals surface area contributed by atoms with Gasteiger partial charge in [-0.1, -0.05) is 6.07 Å². The molecule has 0 fully saturated rings. The van der Waals surface area contributed by atoms with Crippen LogP contribution in [0.25, 0.3) is 0 Å². The molecular weight excluding hydrogens is 168 g/mol. The fraction of sp³-hybridized carbons (Fsp3) is 0.444. The van der Waals surface area contributed by atoms with E-state index in [0.29, 0.717) is 5.82 Å². The van der Waals surface area contributed by atoms with E-state index in [0.717, 1.165) is 0 Å². The summed E-state index contributed by atoms with van der Waals surface area (Å²) < 4.78 is 0. The van der Waals surface area contributed by atoms with E-state index >= 15 is 0 Å². The van der Waals surface area contributed by atoms with Gasteiger partial charge in [0.05, 0.1) is 0 Å². The van der Waals surface area contributed by atoms with Crippen molar-refractivity contribution in [3.05, 3.63) is 24.4 Å². The van der Waals surface area contributed by atoms with Gasteiger partial charge >= 0.3 is 0 Å². The molecule has 1 heterocycles. The Morgan fingerprint density at radius 3 is 1.85 bits per heavy atom. The summed E-state index contributed by atoms with van der Waals surface area (Å²) in [4.78, 5) is 3.76. The Labute approximate surface area is 79.1 Å². The Morgan fingerprint density at radius 1 is 1.23 bits per heavy atom. The molecule has 0 aliphatic heterocycles. The quantitative estimate of drug-likeness (QED) is 0.556. The van der Waals surface area contributed by atoms with Gasteiger partial charge in [-0.15, -0.1) is 0 Å². The summed E-state index contributed by atoms with van der Waals surface area (Å²) in [5, 5.41) is 15.1. The van der Waals surface area contributed by atoms with E-state index in [1.807, 2.05) is 12.1 Å². The molecule has 0 aliphatic carbocycles. The van der Waals surface area contributed by atoms with Crippen molar-refractivity contribution in [1.29, 1.82) is 0 Å². The highest BCUT2D eigenvalue weighted by molar-refractivity contribution is 5.25. The van der Waals surface area contributed by atoms with Gasteiger partial charge in [0.25, 0.3) is 0 Å². The molecule has 4 heteroatoms. The molecule has 0 bridgehead atoms. The minimum atomic E-state index is 0.250. The highest BCUT2D eigenvalue weighted by Gasteiger charge is 1.73. The summed E-state index contributed by atoms with van der Waals surface area (Å²) >= 11 is 0. The second-order valence-corrected chi connectivity index (χ2v) is 1.89. The molecule has 1 aromatic rings. The summed E-state index contributed by atoms with van der Waals surface area (Å²) in [6.07, 6.45) is 1.66. The van der Waals surface area contributed by atoms with Crippen molar-refractivity contribution < 1.29 is 10.2 Å². The molecule has 4 nitrogen and oxygen atoms in total. The van der Waals surface area contributed by atoms with Crippen LogP contribution in [0.4, 0.5) is 5.82 Å². The first-order chi connectivity index (χ1) is 6.22. The molecule has 0 radical (unpaired) electrons. The standard InChI is InChI=1S/C5H6N2.2C2H6O/c6-5-3-1-2-4-7-5;2*1-2-3/h1-4H,(H2,6,7);2*3H,2H2,1H3. The van der Waals surface area contributed by atoms with E-state index in [1.54, 1.807) is 26.1 Å². The molecule has 0 saturated heterocycles. The molecule has 0 aromatic carbocycles. The van der Waals surface area contributed by atoms with E-state index in [9.17, 15) is 0 Å². The van der Waals surface area contributed by atoms with E-state index in [-0.39, 0.29) is 13.2 Å². The van der Waals surface area contributed by atoms with Gasteiger partial charge in [-0.25, -0.2) is 4.98 Å². The largest absolute Gasteiger partial charge is 0.397 e. The van der Waals surface area contributed by atoms with Gasteiger partial charge in [0.15, 0.2) is 0 Å². The topological polar surface area (TPSA) is 79.4 Å². The number of nitrogens with zero attached hydrogens (tertiary/aromatic N) is 1. The fourth-order valence-electron chi connectivity index (χ4n) is 0.376. The molecule has 0 spiro atoms. The number of aromatic nitrogens is 1. The smallest absolute Gasteiger partial charge is 0.123 e. The van der Waals surface area contributed by atoms with Crippen molar-refractivity contribution in [2.45, 2.75) is 13.8 Å². The van der Waals surface area contributed by atoms with Crippen LogP contribution in [0.3, 0.4) is 0 Å². The maximum Gasteiger partial charge on any atom is 0.123 e. The van der Waals surface area contributed by atoms with Gasteiger partial charge in [0.2, 0.25) is 0 Å². The average Bonchev–Trinajstić information content (AvgIpc) is 2.08. The van der Waals surface area contributed by atoms with Crippen molar-refractivity contribution in [2.75, 3.05) is 18.9 Å². The van der Waals surface area contributed by atoms with Crippen LogP contribution >= 0.6 is 0 Å². The molecule has 0 aliphatic rings. The van der Waals surface area contributed by atoms with Gasteiger partial charge in [0.1, 0.15) is 5.82 Å². The van der Waals surface area contributed by atoms with Crippen LogP contribution < -0.4 is 5.73 Å². The molecule has 0 atom stereocenters. The fourth-order valence-corrected chi connectivity index (χ4v) is 0.376. The van der Waals surface area contributed by atoms with Gasteiger partial charge < -0.3 is 15.9 Å². The van der Waals surface area contributed by atoms with Gasteiger partial charge in [0, 0.05) is 19.4 Å².